The van der Waals surface area contributed by atoms with Crippen molar-refractivity contribution >= 4 is 18.3 Å². The van der Waals surface area contributed by atoms with Crippen LogP contribution >= 0.6 is 12.4 Å². The molecule has 0 saturated heterocycles. The maximum atomic E-state index is 12.5. The molecule has 6 heteroatoms. The highest BCUT2D eigenvalue weighted by Gasteiger charge is 2.63. The van der Waals surface area contributed by atoms with Gasteiger partial charge in [-0.1, -0.05) is 13.8 Å². The van der Waals surface area contributed by atoms with Crippen LogP contribution in [0.25, 0.3) is 0 Å². The third kappa shape index (κ3) is 3.45. The van der Waals surface area contributed by atoms with Crippen LogP contribution in [-0.4, -0.2) is 53.9 Å². The van der Waals surface area contributed by atoms with Gasteiger partial charge in [0, 0.05) is 32.0 Å². The average molecular weight is 309 g/mol. The van der Waals surface area contributed by atoms with Crippen molar-refractivity contribution in [3.05, 3.63) is 0 Å². The number of carbonyl (C=O) groups is 1. The first-order valence-electron chi connectivity index (χ1n) is 7.01. The lowest BCUT2D eigenvalue weighted by molar-refractivity contribution is -0.178. The Kier molecular flexibility index (Phi) is 6.94. The molecule has 3 unspecified atom stereocenters. The molecule has 0 aromatic rings. The van der Waals surface area contributed by atoms with Crippen LogP contribution in [0.4, 0.5) is 0 Å². The van der Waals surface area contributed by atoms with Crippen LogP contribution in [0.15, 0.2) is 0 Å². The number of halogens is 1. The maximum Gasteiger partial charge on any atom is 0.243 e. The van der Waals surface area contributed by atoms with E-state index in [4.69, 9.17) is 10.5 Å². The van der Waals surface area contributed by atoms with E-state index in [1.807, 2.05) is 20.8 Å². The quantitative estimate of drug-likeness (QED) is 0.772. The SMILES string of the molecule is CCOC1CC(N)(C(=O)N(C)CCC(C)O)C1(C)C.Cl. The van der Waals surface area contributed by atoms with Gasteiger partial charge < -0.3 is 20.5 Å². The van der Waals surface area contributed by atoms with Gasteiger partial charge in [-0.25, -0.2) is 0 Å². The van der Waals surface area contributed by atoms with Gasteiger partial charge in [-0.2, -0.15) is 0 Å². The lowest BCUT2D eigenvalue weighted by Crippen LogP contribution is -2.75. The Morgan fingerprint density at radius 2 is 2.10 bits per heavy atom. The lowest BCUT2D eigenvalue weighted by Gasteiger charge is -2.58. The van der Waals surface area contributed by atoms with Crippen LogP contribution in [0.2, 0.25) is 0 Å². The third-order valence-corrected chi connectivity index (χ3v) is 4.44. The maximum absolute atomic E-state index is 12.5. The predicted molar refractivity (Wildman–Crippen MR) is 81.9 cm³/mol. The summed E-state index contributed by atoms with van der Waals surface area (Å²) in [5.41, 5.74) is 5.10. The van der Waals surface area contributed by atoms with E-state index in [-0.39, 0.29) is 29.8 Å². The summed E-state index contributed by atoms with van der Waals surface area (Å²) in [7, 11) is 1.74. The van der Waals surface area contributed by atoms with Gasteiger partial charge in [-0.05, 0) is 20.3 Å². The molecule has 3 atom stereocenters. The Labute approximate surface area is 128 Å². The molecule has 0 aromatic heterocycles. The second-order valence-corrected chi connectivity index (χ2v) is 6.21. The molecule has 1 aliphatic rings. The van der Waals surface area contributed by atoms with Crippen molar-refractivity contribution in [3.63, 3.8) is 0 Å². The van der Waals surface area contributed by atoms with Gasteiger partial charge in [-0.3, -0.25) is 4.79 Å². The number of carbonyl (C=O) groups excluding carboxylic acids is 1. The number of likely N-dealkylation sites (N-methyl/N-ethyl adjacent to an activating group) is 1. The molecule has 120 valence electrons. The Balaban J connectivity index is 0.00000361. The molecule has 0 spiro atoms. The molecule has 0 aliphatic heterocycles. The summed E-state index contributed by atoms with van der Waals surface area (Å²) in [6, 6.07) is 0. The fraction of sp³-hybridized carbons (Fsp3) is 0.929. The first kappa shape index (κ1) is 19.6. The molecule has 0 radical (unpaired) electrons. The zero-order valence-corrected chi connectivity index (χ0v) is 14.0. The summed E-state index contributed by atoms with van der Waals surface area (Å²) < 4.78 is 5.63. The van der Waals surface area contributed by atoms with Crippen molar-refractivity contribution in [2.45, 2.75) is 58.3 Å². The van der Waals surface area contributed by atoms with Gasteiger partial charge >= 0.3 is 0 Å². The number of nitrogens with two attached hydrogens (primary N) is 1. The van der Waals surface area contributed by atoms with Crippen LogP contribution in [-0.2, 0) is 9.53 Å². The topological polar surface area (TPSA) is 75.8 Å². The van der Waals surface area contributed by atoms with E-state index in [9.17, 15) is 9.90 Å². The largest absolute Gasteiger partial charge is 0.393 e. The molecule has 0 heterocycles. The number of ether oxygens (including phenoxy) is 1. The minimum atomic E-state index is -0.861. The standard InChI is InChI=1S/C14H28N2O3.ClH/c1-6-19-11-9-14(15,13(11,3)4)12(18)16(5)8-7-10(2)17;/h10-11,17H,6-9,15H2,1-5H3;1H. The highest BCUT2D eigenvalue weighted by atomic mass is 35.5. The van der Waals surface area contributed by atoms with Crippen LogP contribution < -0.4 is 5.73 Å². The number of hydrogen-bond donors (Lipinski definition) is 2. The van der Waals surface area contributed by atoms with Gasteiger partial charge in [0.25, 0.3) is 0 Å². The normalized spacial score (nSPS) is 29.1. The van der Waals surface area contributed by atoms with Crippen LogP contribution in [0.3, 0.4) is 0 Å². The van der Waals surface area contributed by atoms with E-state index in [1.54, 1.807) is 18.9 Å². The molecule has 0 bridgehead atoms. The Bertz CT molecular complexity index is 336. The van der Waals surface area contributed by atoms with Crippen molar-refractivity contribution in [1.82, 2.24) is 4.90 Å². The summed E-state index contributed by atoms with van der Waals surface area (Å²) in [4.78, 5) is 14.1. The summed E-state index contributed by atoms with van der Waals surface area (Å²) in [5, 5.41) is 9.28. The second-order valence-electron chi connectivity index (χ2n) is 6.21. The van der Waals surface area contributed by atoms with E-state index in [2.05, 4.69) is 0 Å². The summed E-state index contributed by atoms with van der Waals surface area (Å²) >= 11 is 0. The molecular weight excluding hydrogens is 280 g/mol. The van der Waals surface area contributed by atoms with Crippen molar-refractivity contribution in [2.75, 3.05) is 20.2 Å². The molecule has 1 aliphatic carbocycles. The first-order valence-corrected chi connectivity index (χ1v) is 7.01. The molecule has 1 rings (SSSR count). The summed E-state index contributed by atoms with van der Waals surface area (Å²) in [6.07, 6.45) is 0.755. The number of hydrogen-bond acceptors (Lipinski definition) is 4. The van der Waals surface area contributed by atoms with Crippen LogP contribution in [0.5, 0.6) is 0 Å². The molecule has 1 fully saturated rings. The second kappa shape index (κ2) is 7.07. The number of rotatable bonds is 6. The van der Waals surface area contributed by atoms with Crippen LogP contribution in [0.1, 0.15) is 40.5 Å². The number of aliphatic hydroxyl groups excluding tert-OH is 1. The van der Waals surface area contributed by atoms with Crippen molar-refractivity contribution in [3.8, 4) is 0 Å². The molecule has 20 heavy (non-hydrogen) atoms. The third-order valence-electron chi connectivity index (χ3n) is 4.44. The summed E-state index contributed by atoms with van der Waals surface area (Å²) in [5.74, 6) is -0.0610. The fourth-order valence-corrected chi connectivity index (χ4v) is 2.62. The highest BCUT2D eigenvalue weighted by Crippen LogP contribution is 2.50. The Morgan fingerprint density at radius 3 is 2.50 bits per heavy atom. The van der Waals surface area contributed by atoms with Gasteiger partial charge in [0.15, 0.2) is 0 Å². The van der Waals surface area contributed by atoms with Gasteiger partial charge in [0.1, 0.15) is 5.54 Å². The predicted octanol–water partition coefficient (Wildman–Crippen LogP) is 1.17. The van der Waals surface area contributed by atoms with Gasteiger partial charge in [0.05, 0.1) is 12.2 Å². The molecule has 3 N–H and O–H groups in total. The zero-order chi connectivity index (χ0) is 14.8. The van der Waals surface area contributed by atoms with E-state index in [0.717, 1.165) is 0 Å². The van der Waals surface area contributed by atoms with Gasteiger partial charge in [0.2, 0.25) is 5.91 Å². The fourth-order valence-electron chi connectivity index (χ4n) is 2.62. The van der Waals surface area contributed by atoms with E-state index < -0.39 is 11.6 Å². The minimum Gasteiger partial charge on any atom is -0.393 e. The molecule has 0 aromatic carbocycles. The Hall–Kier alpha value is -0.360. The van der Waals surface area contributed by atoms with Crippen molar-refractivity contribution in [1.29, 1.82) is 0 Å². The minimum absolute atomic E-state index is 0. The lowest BCUT2D eigenvalue weighted by atomic mass is 9.54. The molecular formula is C14H29ClN2O3. The molecule has 1 saturated carbocycles. The first-order chi connectivity index (χ1) is 8.66. The van der Waals surface area contributed by atoms with E-state index >= 15 is 0 Å². The monoisotopic (exact) mass is 308 g/mol. The van der Waals surface area contributed by atoms with E-state index in [0.29, 0.717) is 26.0 Å². The number of aliphatic hydroxyl groups is 1. The Morgan fingerprint density at radius 1 is 1.55 bits per heavy atom. The van der Waals surface area contributed by atoms with Gasteiger partial charge in [-0.15, -0.1) is 12.4 Å². The van der Waals surface area contributed by atoms with Crippen LogP contribution in [0, 0.1) is 5.41 Å². The highest BCUT2D eigenvalue weighted by molar-refractivity contribution is 5.88. The molecule has 1 amide bonds. The average Bonchev–Trinajstić information content (AvgIpc) is 2.34. The molecule has 5 nitrogen and oxygen atoms in total. The van der Waals surface area contributed by atoms with Crippen molar-refractivity contribution in [2.24, 2.45) is 11.1 Å². The smallest absolute Gasteiger partial charge is 0.243 e. The summed E-state index contributed by atoms with van der Waals surface area (Å²) in [6.45, 7) is 8.79. The number of nitrogens with zero attached hydrogens (tertiary/aromatic N) is 1. The zero-order valence-electron chi connectivity index (χ0n) is 13.2. The van der Waals surface area contributed by atoms with E-state index in [1.165, 1.54) is 0 Å². The van der Waals surface area contributed by atoms with Crippen molar-refractivity contribution < 1.29 is 14.6 Å². The number of amides is 1.